The fourth-order valence-electron chi connectivity index (χ4n) is 4.13. The van der Waals surface area contributed by atoms with E-state index in [1.165, 1.54) is 18.4 Å². The van der Waals surface area contributed by atoms with Crippen LogP contribution in [0.3, 0.4) is 0 Å². The molecule has 0 saturated heterocycles. The minimum Gasteiger partial charge on any atom is -0.396 e. The van der Waals surface area contributed by atoms with Gasteiger partial charge >= 0.3 is 0 Å². The van der Waals surface area contributed by atoms with Crippen LogP contribution in [0.5, 0.6) is 0 Å². The molecule has 0 saturated carbocycles. The van der Waals surface area contributed by atoms with Gasteiger partial charge in [0.2, 0.25) is 0 Å². The zero-order valence-electron chi connectivity index (χ0n) is 16.7. The van der Waals surface area contributed by atoms with Crippen LogP contribution in [-0.2, 0) is 25.8 Å². The summed E-state index contributed by atoms with van der Waals surface area (Å²) in [6, 6.07) is 12.0. The molecule has 2 aromatic rings. The second-order valence-electron chi connectivity index (χ2n) is 7.74. The molecule has 4 heteroatoms. The standard InChI is InChI=1S/C24H31NO3/c26-17-9-16-25-22-14-7-2-1-6-13-20(22)18-21(24(25)28)23(27)15-8-12-19-10-4-3-5-11-19/h3-5,10-11,18,26H,1-2,6-9,12-17H2. The summed E-state index contributed by atoms with van der Waals surface area (Å²) in [5, 5.41) is 9.24. The van der Waals surface area contributed by atoms with Crippen LogP contribution in [0, 0.1) is 0 Å². The number of rotatable bonds is 8. The Morgan fingerprint density at radius 3 is 2.50 bits per heavy atom. The predicted molar refractivity (Wildman–Crippen MR) is 112 cm³/mol. The van der Waals surface area contributed by atoms with Crippen molar-refractivity contribution in [1.29, 1.82) is 0 Å². The Labute approximate surface area is 167 Å². The van der Waals surface area contributed by atoms with E-state index in [2.05, 4.69) is 12.1 Å². The molecule has 28 heavy (non-hydrogen) atoms. The first-order chi connectivity index (χ1) is 13.7. The van der Waals surface area contributed by atoms with E-state index in [4.69, 9.17) is 0 Å². The predicted octanol–water partition coefficient (Wildman–Crippen LogP) is 4.10. The molecule has 0 spiro atoms. The highest BCUT2D eigenvalue weighted by molar-refractivity contribution is 5.96. The minimum atomic E-state index is -0.169. The van der Waals surface area contributed by atoms with Gasteiger partial charge in [-0.15, -0.1) is 0 Å². The quantitative estimate of drug-likeness (QED) is 0.701. The minimum absolute atomic E-state index is 0.0520. The van der Waals surface area contributed by atoms with Crippen LogP contribution >= 0.6 is 0 Å². The second-order valence-corrected chi connectivity index (χ2v) is 7.74. The van der Waals surface area contributed by atoms with E-state index < -0.39 is 0 Å². The Hall–Kier alpha value is -2.20. The van der Waals surface area contributed by atoms with E-state index in [1.54, 1.807) is 4.57 Å². The van der Waals surface area contributed by atoms with Crippen LogP contribution in [0.15, 0.2) is 41.2 Å². The van der Waals surface area contributed by atoms with Gasteiger partial charge in [-0.25, -0.2) is 0 Å². The maximum absolute atomic E-state index is 13.1. The lowest BCUT2D eigenvalue weighted by atomic mass is 9.94. The molecule has 1 heterocycles. The molecule has 0 fully saturated rings. The molecule has 1 aliphatic carbocycles. The van der Waals surface area contributed by atoms with Gasteiger partial charge in [0, 0.05) is 25.3 Å². The van der Waals surface area contributed by atoms with Crippen LogP contribution in [0.4, 0.5) is 0 Å². The van der Waals surface area contributed by atoms with Gasteiger partial charge in [0.25, 0.3) is 5.56 Å². The monoisotopic (exact) mass is 381 g/mol. The Bertz CT molecular complexity index is 839. The maximum atomic E-state index is 13.1. The summed E-state index contributed by atoms with van der Waals surface area (Å²) in [6.07, 6.45) is 8.91. The van der Waals surface area contributed by atoms with Gasteiger partial charge in [-0.1, -0.05) is 43.2 Å². The van der Waals surface area contributed by atoms with Crippen molar-refractivity contribution in [3.8, 4) is 0 Å². The molecule has 0 aliphatic heterocycles. The molecule has 1 aliphatic rings. The zero-order valence-corrected chi connectivity index (χ0v) is 16.7. The molecule has 150 valence electrons. The van der Waals surface area contributed by atoms with E-state index in [-0.39, 0.29) is 17.9 Å². The molecular weight excluding hydrogens is 350 g/mol. The van der Waals surface area contributed by atoms with E-state index in [0.717, 1.165) is 49.8 Å². The number of Topliss-reactive ketones (excluding diaryl/α,β-unsaturated/α-hetero) is 1. The fraction of sp³-hybridized carbons (Fsp3) is 0.500. The number of aliphatic hydroxyl groups is 1. The molecule has 0 unspecified atom stereocenters. The highest BCUT2D eigenvalue weighted by Gasteiger charge is 2.19. The first-order valence-electron chi connectivity index (χ1n) is 10.6. The fourth-order valence-corrected chi connectivity index (χ4v) is 4.13. The Balaban J connectivity index is 1.81. The molecule has 1 aromatic heterocycles. The number of aromatic nitrogens is 1. The van der Waals surface area contributed by atoms with Crippen molar-refractivity contribution >= 4 is 5.78 Å². The normalized spacial score (nSPS) is 14.2. The smallest absolute Gasteiger partial charge is 0.261 e. The number of hydrogen-bond acceptors (Lipinski definition) is 3. The Kier molecular flexibility index (Phi) is 7.61. The summed E-state index contributed by atoms with van der Waals surface area (Å²) in [5.41, 5.74) is 3.62. The van der Waals surface area contributed by atoms with Gasteiger partial charge < -0.3 is 9.67 Å². The molecule has 0 bridgehead atoms. The van der Waals surface area contributed by atoms with Gasteiger partial charge in [-0.05, 0) is 62.1 Å². The summed E-state index contributed by atoms with van der Waals surface area (Å²) in [5.74, 6) is -0.0523. The van der Waals surface area contributed by atoms with Crippen molar-refractivity contribution in [3.05, 3.63) is 69.1 Å². The number of benzene rings is 1. The van der Waals surface area contributed by atoms with Gasteiger partial charge in [-0.3, -0.25) is 9.59 Å². The van der Waals surface area contributed by atoms with E-state index >= 15 is 0 Å². The first kappa shape index (κ1) is 20.5. The zero-order chi connectivity index (χ0) is 19.8. The Morgan fingerprint density at radius 2 is 1.75 bits per heavy atom. The third-order valence-electron chi connectivity index (χ3n) is 5.65. The lowest BCUT2D eigenvalue weighted by molar-refractivity contribution is 0.0978. The average molecular weight is 382 g/mol. The van der Waals surface area contributed by atoms with E-state index in [1.807, 2.05) is 24.3 Å². The van der Waals surface area contributed by atoms with Crippen molar-refractivity contribution in [2.24, 2.45) is 0 Å². The van der Waals surface area contributed by atoms with Crippen molar-refractivity contribution < 1.29 is 9.90 Å². The maximum Gasteiger partial charge on any atom is 0.261 e. The van der Waals surface area contributed by atoms with Crippen molar-refractivity contribution in [3.63, 3.8) is 0 Å². The molecule has 1 N–H and O–H groups in total. The average Bonchev–Trinajstić information content (AvgIpc) is 2.69. The highest BCUT2D eigenvalue weighted by atomic mass is 16.3. The van der Waals surface area contributed by atoms with Gasteiger partial charge in [-0.2, -0.15) is 0 Å². The van der Waals surface area contributed by atoms with Gasteiger partial charge in [0.15, 0.2) is 5.78 Å². The number of aryl methyl sites for hydroxylation is 2. The van der Waals surface area contributed by atoms with Crippen LogP contribution in [0.1, 0.15) is 72.1 Å². The number of ketones is 1. The lowest BCUT2D eigenvalue weighted by Gasteiger charge is -2.21. The summed E-state index contributed by atoms with van der Waals surface area (Å²) in [7, 11) is 0. The van der Waals surface area contributed by atoms with Crippen molar-refractivity contribution in [2.75, 3.05) is 6.61 Å². The largest absolute Gasteiger partial charge is 0.396 e. The number of fused-ring (bicyclic) bond motifs is 1. The number of nitrogens with zero attached hydrogens (tertiary/aromatic N) is 1. The summed E-state index contributed by atoms with van der Waals surface area (Å²) in [4.78, 5) is 25.9. The third-order valence-corrected chi connectivity index (χ3v) is 5.65. The van der Waals surface area contributed by atoms with Crippen molar-refractivity contribution in [2.45, 2.75) is 70.8 Å². The van der Waals surface area contributed by atoms with E-state index in [0.29, 0.717) is 24.9 Å². The number of carbonyl (C=O) groups excluding carboxylic acids is 1. The highest BCUT2D eigenvalue weighted by Crippen LogP contribution is 2.21. The van der Waals surface area contributed by atoms with Crippen LogP contribution in [-0.4, -0.2) is 22.1 Å². The second kappa shape index (κ2) is 10.4. The molecule has 4 nitrogen and oxygen atoms in total. The topological polar surface area (TPSA) is 59.3 Å². The molecule has 0 amide bonds. The third kappa shape index (κ3) is 5.20. The molecule has 1 aromatic carbocycles. The molecule has 0 atom stereocenters. The number of aliphatic hydroxyl groups excluding tert-OH is 1. The summed E-state index contributed by atoms with van der Waals surface area (Å²) in [6.45, 7) is 0.541. The van der Waals surface area contributed by atoms with E-state index in [9.17, 15) is 14.7 Å². The Morgan fingerprint density at radius 1 is 1.00 bits per heavy atom. The molecular formula is C24H31NO3. The molecule has 0 radical (unpaired) electrons. The van der Waals surface area contributed by atoms with Crippen molar-refractivity contribution in [1.82, 2.24) is 4.57 Å². The summed E-state index contributed by atoms with van der Waals surface area (Å²) >= 11 is 0. The van der Waals surface area contributed by atoms with Gasteiger partial charge in [0.05, 0.1) is 5.56 Å². The van der Waals surface area contributed by atoms with Gasteiger partial charge in [0.1, 0.15) is 0 Å². The SMILES string of the molecule is O=C(CCCc1ccccc1)c1cc2c(n(CCCO)c1=O)CCCCCC2. The lowest BCUT2D eigenvalue weighted by Crippen LogP contribution is -2.31. The molecule has 3 rings (SSSR count). The van der Waals surface area contributed by atoms with Crippen LogP contribution in [0.25, 0.3) is 0 Å². The number of hydrogen-bond donors (Lipinski definition) is 1. The number of pyridine rings is 1. The summed E-state index contributed by atoms with van der Waals surface area (Å²) < 4.78 is 1.78. The number of carbonyl (C=O) groups is 1. The van der Waals surface area contributed by atoms with Crippen LogP contribution in [0.2, 0.25) is 0 Å². The van der Waals surface area contributed by atoms with Crippen LogP contribution < -0.4 is 5.56 Å². The first-order valence-corrected chi connectivity index (χ1v) is 10.6.